The molecular formula is C23H23N3O3S2. The van der Waals surface area contributed by atoms with E-state index >= 15 is 0 Å². The Morgan fingerprint density at radius 2 is 1.77 bits per heavy atom. The first-order valence-corrected chi connectivity index (χ1v) is 12.1. The smallest absolute Gasteiger partial charge is 0.263 e. The van der Waals surface area contributed by atoms with E-state index < -0.39 is 0 Å². The van der Waals surface area contributed by atoms with E-state index in [4.69, 9.17) is 9.47 Å². The van der Waals surface area contributed by atoms with Crippen LogP contribution in [-0.4, -0.2) is 34.0 Å². The van der Waals surface area contributed by atoms with Gasteiger partial charge in [-0.25, -0.2) is 4.98 Å². The van der Waals surface area contributed by atoms with E-state index in [1.54, 1.807) is 30.7 Å². The monoisotopic (exact) mass is 453 g/mol. The number of carbonyl (C=O) groups excluding carboxylic acids is 1. The molecular weight excluding hydrogens is 430 g/mol. The zero-order valence-electron chi connectivity index (χ0n) is 16.9. The summed E-state index contributed by atoms with van der Waals surface area (Å²) in [4.78, 5) is 20.6. The van der Waals surface area contributed by atoms with Crippen LogP contribution in [0.25, 0.3) is 0 Å². The Balaban J connectivity index is 1.29. The molecule has 3 heterocycles. The number of nitrogens with zero attached hydrogens (tertiary/aromatic N) is 2. The second kappa shape index (κ2) is 11.1. The number of aromatic nitrogens is 2. The number of benzene rings is 1. The molecule has 1 aliphatic heterocycles. The van der Waals surface area contributed by atoms with Crippen molar-refractivity contribution in [3.05, 3.63) is 78.2 Å². The second-order valence-electron chi connectivity index (χ2n) is 6.83. The minimum Gasteiger partial charge on any atom is -0.485 e. The summed E-state index contributed by atoms with van der Waals surface area (Å²) >= 11 is 3.96. The Labute approximate surface area is 190 Å². The lowest BCUT2D eigenvalue weighted by molar-refractivity contribution is -0.118. The van der Waals surface area contributed by atoms with Crippen molar-refractivity contribution in [2.75, 3.05) is 23.4 Å². The van der Waals surface area contributed by atoms with Gasteiger partial charge in [0.05, 0.1) is 4.58 Å². The van der Waals surface area contributed by atoms with Gasteiger partial charge in [0.1, 0.15) is 12.4 Å². The maximum Gasteiger partial charge on any atom is 0.263 e. The lowest BCUT2D eigenvalue weighted by Crippen LogP contribution is -2.21. The third kappa shape index (κ3) is 6.38. The molecule has 0 bridgehead atoms. The molecule has 1 N–H and O–H groups in total. The molecule has 1 fully saturated rings. The molecule has 3 aromatic rings. The Kier molecular flexibility index (Phi) is 7.68. The number of hydrogen-bond donors (Lipinski definition) is 1. The van der Waals surface area contributed by atoms with Crippen molar-refractivity contribution in [1.82, 2.24) is 9.97 Å². The summed E-state index contributed by atoms with van der Waals surface area (Å²) in [5.74, 6) is 3.65. The number of thioether (sulfide) groups is 2. The Bertz CT molecular complexity index is 981. The van der Waals surface area contributed by atoms with E-state index in [1.165, 1.54) is 23.5 Å². The minimum atomic E-state index is -0.296. The molecule has 1 amide bonds. The largest absolute Gasteiger partial charge is 0.485 e. The Morgan fingerprint density at radius 1 is 1.00 bits per heavy atom. The molecule has 1 saturated heterocycles. The molecule has 31 heavy (non-hydrogen) atoms. The summed E-state index contributed by atoms with van der Waals surface area (Å²) in [6, 6.07) is 15.3. The van der Waals surface area contributed by atoms with E-state index in [0.717, 1.165) is 5.56 Å². The van der Waals surface area contributed by atoms with Crippen molar-refractivity contribution < 1.29 is 14.3 Å². The number of rotatable bonds is 8. The van der Waals surface area contributed by atoms with Gasteiger partial charge in [0.2, 0.25) is 0 Å². The van der Waals surface area contributed by atoms with E-state index in [1.807, 2.05) is 47.8 Å². The fourth-order valence-corrected chi connectivity index (χ4v) is 5.85. The number of pyridine rings is 2. The number of anilines is 1. The fourth-order valence-electron chi connectivity index (χ4n) is 2.96. The van der Waals surface area contributed by atoms with E-state index in [9.17, 15) is 4.79 Å². The summed E-state index contributed by atoms with van der Waals surface area (Å²) in [6.45, 7) is 0.254. The fraction of sp³-hybridized carbons (Fsp3) is 0.261. The zero-order valence-corrected chi connectivity index (χ0v) is 18.5. The third-order valence-corrected chi connectivity index (χ3v) is 7.54. The first kappa shape index (κ1) is 21.5. The summed E-state index contributed by atoms with van der Waals surface area (Å²) < 4.78 is 11.9. The second-order valence-corrected chi connectivity index (χ2v) is 9.55. The summed E-state index contributed by atoms with van der Waals surface area (Å²) in [7, 11) is 0. The Morgan fingerprint density at radius 3 is 2.55 bits per heavy atom. The highest BCUT2D eigenvalue weighted by molar-refractivity contribution is 8.16. The number of nitrogens with one attached hydrogen (secondary N) is 1. The molecule has 6 nitrogen and oxygen atoms in total. The van der Waals surface area contributed by atoms with Gasteiger partial charge in [-0.3, -0.25) is 9.78 Å². The molecule has 1 aliphatic rings. The minimum absolute atomic E-state index is 0.105. The van der Waals surface area contributed by atoms with Crippen LogP contribution in [0.5, 0.6) is 11.5 Å². The number of amides is 1. The van der Waals surface area contributed by atoms with Gasteiger partial charge in [0.25, 0.3) is 5.91 Å². The highest BCUT2D eigenvalue weighted by Crippen LogP contribution is 2.43. The predicted octanol–water partition coefficient (Wildman–Crippen LogP) is 4.94. The van der Waals surface area contributed by atoms with E-state index in [2.05, 4.69) is 27.4 Å². The van der Waals surface area contributed by atoms with Gasteiger partial charge in [0.15, 0.2) is 18.2 Å². The van der Waals surface area contributed by atoms with Gasteiger partial charge in [-0.2, -0.15) is 0 Å². The van der Waals surface area contributed by atoms with Crippen molar-refractivity contribution >= 4 is 35.2 Å². The molecule has 0 aliphatic carbocycles. The average Bonchev–Trinajstić information content (AvgIpc) is 2.84. The van der Waals surface area contributed by atoms with E-state index in [-0.39, 0.29) is 12.5 Å². The van der Waals surface area contributed by atoms with Crippen LogP contribution in [0.2, 0.25) is 0 Å². The van der Waals surface area contributed by atoms with Gasteiger partial charge in [-0.15, -0.1) is 23.5 Å². The van der Waals surface area contributed by atoms with Crippen LogP contribution >= 0.6 is 23.5 Å². The van der Waals surface area contributed by atoms with Crippen LogP contribution in [0.1, 0.15) is 22.1 Å². The maximum absolute atomic E-state index is 12.4. The summed E-state index contributed by atoms with van der Waals surface area (Å²) in [6.07, 6.45) is 6.30. The molecule has 0 atom stereocenters. The van der Waals surface area contributed by atoms with Crippen molar-refractivity contribution in [3.63, 3.8) is 0 Å². The van der Waals surface area contributed by atoms with Gasteiger partial charge < -0.3 is 14.8 Å². The SMILES string of the molecule is O=C(COc1ccc(C2SCCCS2)cc1)Nc1ncccc1OCc1ccncc1. The molecule has 8 heteroatoms. The Hall–Kier alpha value is -2.71. The van der Waals surface area contributed by atoms with Crippen LogP contribution in [0.15, 0.2) is 67.1 Å². The molecule has 0 radical (unpaired) electrons. The molecule has 0 unspecified atom stereocenters. The lowest BCUT2D eigenvalue weighted by Gasteiger charge is -2.21. The van der Waals surface area contributed by atoms with Gasteiger partial charge in [0, 0.05) is 18.6 Å². The van der Waals surface area contributed by atoms with Gasteiger partial charge >= 0.3 is 0 Å². The van der Waals surface area contributed by atoms with Gasteiger partial charge in [-0.1, -0.05) is 12.1 Å². The first-order valence-electron chi connectivity index (χ1n) is 10.0. The van der Waals surface area contributed by atoms with Crippen molar-refractivity contribution in [1.29, 1.82) is 0 Å². The first-order chi connectivity index (χ1) is 15.3. The standard InChI is InChI=1S/C23H23N3O3S2/c27-21(16-28-19-6-4-18(5-7-19)23-30-13-2-14-31-23)26-22-20(3-1-10-25-22)29-15-17-8-11-24-12-9-17/h1,3-12,23H,2,13-16H2,(H,25,26,27). The topological polar surface area (TPSA) is 73.3 Å². The molecule has 2 aromatic heterocycles. The highest BCUT2D eigenvalue weighted by atomic mass is 32.2. The number of hydrogen-bond acceptors (Lipinski definition) is 7. The van der Waals surface area contributed by atoms with Crippen LogP contribution in [0, 0.1) is 0 Å². The molecule has 1 aromatic carbocycles. The molecule has 0 spiro atoms. The van der Waals surface area contributed by atoms with Crippen LogP contribution in [-0.2, 0) is 11.4 Å². The zero-order chi connectivity index (χ0) is 21.3. The third-order valence-electron chi connectivity index (χ3n) is 4.52. The summed E-state index contributed by atoms with van der Waals surface area (Å²) in [5.41, 5.74) is 2.27. The van der Waals surface area contributed by atoms with Crippen molar-refractivity contribution in [2.24, 2.45) is 0 Å². The maximum atomic E-state index is 12.4. The van der Waals surface area contributed by atoms with Crippen LogP contribution < -0.4 is 14.8 Å². The van der Waals surface area contributed by atoms with Crippen molar-refractivity contribution in [3.8, 4) is 11.5 Å². The summed E-state index contributed by atoms with van der Waals surface area (Å²) in [5, 5.41) is 2.76. The molecule has 0 saturated carbocycles. The predicted molar refractivity (Wildman–Crippen MR) is 126 cm³/mol. The lowest BCUT2D eigenvalue weighted by atomic mass is 10.2. The highest BCUT2D eigenvalue weighted by Gasteiger charge is 2.16. The average molecular weight is 454 g/mol. The normalized spacial score (nSPS) is 14.1. The number of ether oxygens (including phenoxy) is 2. The van der Waals surface area contributed by atoms with Crippen molar-refractivity contribution in [2.45, 2.75) is 17.6 Å². The number of carbonyl (C=O) groups is 1. The van der Waals surface area contributed by atoms with Gasteiger partial charge in [-0.05, 0) is 65.5 Å². The molecule has 160 valence electrons. The quantitative estimate of drug-likeness (QED) is 0.518. The van der Waals surface area contributed by atoms with Crippen LogP contribution in [0.3, 0.4) is 0 Å². The van der Waals surface area contributed by atoms with E-state index in [0.29, 0.717) is 28.5 Å². The van der Waals surface area contributed by atoms with Crippen LogP contribution in [0.4, 0.5) is 5.82 Å². The molecule has 4 rings (SSSR count).